The number of nitrogens with zero attached hydrogens (tertiary/aromatic N) is 17. The molecule has 0 saturated carbocycles. The third kappa shape index (κ3) is 7.75. The van der Waals surface area contributed by atoms with Crippen molar-refractivity contribution < 1.29 is 27.0 Å². The van der Waals surface area contributed by atoms with Crippen LogP contribution in [0.2, 0.25) is 0 Å². The molecule has 2 atom stereocenters. The van der Waals surface area contributed by atoms with Crippen LogP contribution in [0.15, 0.2) is 98.5 Å². The Hall–Kier alpha value is -7.06. The first-order valence-corrected chi connectivity index (χ1v) is 23.3. The van der Waals surface area contributed by atoms with Crippen LogP contribution in [0.5, 0.6) is 0 Å². The zero-order valence-electron chi connectivity index (χ0n) is 33.5. The van der Waals surface area contributed by atoms with Crippen LogP contribution in [-0.4, -0.2) is 104 Å². The molecule has 0 fully saturated rings. The van der Waals surface area contributed by atoms with E-state index in [2.05, 4.69) is 55.5 Å². The molecule has 318 valence electrons. The quantitative estimate of drug-likeness (QED) is 0.121. The van der Waals surface area contributed by atoms with Crippen molar-refractivity contribution in [2.24, 2.45) is 0 Å². The van der Waals surface area contributed by atoms with Gasteiger partial charge in [-0.25, -0.2) is 24.9 Å². The average molecular weight is 892 g/mol. The second kappa shape index (κ2) is 15.4. The fourth-order valence-electron chi connectivity index (χ4n) is 6.97. The maximum absolute atomic E-state index is 15.8. The summed E-state index contributed by atoms with van der Waals surface area (Å²) in [5, 5.41) is 25.9. The molecule has 63 heavy (non-hydrogen) atoms. The molecule has 10 aromatic rings. The highest BCUT2D eigenvalue weighted by molar-refractivity contribution is 7.57. The van der Waals surface area contributed by atoms with E-state index in [0.29, 0.717) is 52.0 Å². The molecule has 25 heteroatoms. The molecule has 0 aliphatic carbocycles. The Labute approximate surface area is 353 Å². The van der Waals surface area contributed by atoms with Crippen LogP contribution in [0.1, 0.15) is 28.5 Å². The van der Waals surface area contributed by atoms with Gasteiger partial charge in [-0.05, 0) is 35.9 Å². The standard InChI is InChI=1S/C38H33F2N17O4P2/c1-60-62(3,58)22-53-17-31(44-20-53)29-14-42-36-49-47-34(56(36)51-29)13-24-4-8-28-25(12-24)5-7-27(46-28)19-63(59,61-2)23-54-18-32(45-21-54)30-15-43-37-50-48-35(57(37)52-30)38(39,40)26-6-9-33-41-10-11-55(33)16-26/h4-12,14-18,20-21H,13,19,22-23H2,1-3H3. The van der Waals surface area contributed by atoms with Gasteiger partial charge in [-0.1, -0.05) is 12.1 Å². The fraction of sp³-hybridized carbons (Fsp3) is 0.211. The lowest BCUT2D eigenvalue weighted by Crippen LogP contribution is -2.21. The third-order valence-corrected chi connectivity index (χ3v) is 14.1. The molecule has 9 aromatic heterocycles. The van der Waals surface area contributed by atoms with Gasteiger partial charge in [0.1, 0.15) is 34.7 Å². The van der Waals surface area contributed by atoms with Gasteiger partial charge in [-0.3, -0.25) is 14.1 Å². The summed E-state index contributed by atoms with van der Waals surface area (Å²) in [7, 11) is -3.39. The Morgan fingerprint density at radius 3 is 2.19 bits per heavy atom. The zero-order valence-corrected chi connectivity index (χ0v) is 35.2. The van der Waals surface area contributed by atoms with Gasteiger partial charge in [0.05, 0.1) is 48.7 Å². The largest absolute Gasteiger partial charge is 0.335 e. The number of fused-ring (bicyclic) bond motifs is 4. The molecule has 2 unspecified atom stereocenters. The van der Waals surface area contributed by atoms with Gasteiger partial charge in [0.2, 0.25) is 20.6 Å². The van der Waals surface area contributed by atoms with Crippen molar-refractivity contribution in [3.63, 3.8) is 0 Å². The topological polar surface area (TPSA) is 230 Å². The lowest BCUT2D eigenvalue weighted by Gasteiger charge is -2.16. The van der Waals surface area contributed by atoms with Gasteiger partial charge in [0, 0.05) is 69.2 Å². The summed E-state index contributed by atoms with van der Waals surface area (Å²) in [4.78, 5) is 26.3. The second-order valence-electron chi connectivity index (χ2n) is 14.7. The molecule has 21 nitrogen and oxygen atoms in total. The van der Waals surface area contributed by atoms with Crippen molar-refractivity contribution in [3.8, 4) is 22.8 Å². The van der Waals surface area contributed by atoms with E-state index in [1.165, 1.54) is 55.7 Å². The predicted octanol–water partition coefficient (Wildman–Crippen LogP) is 5.60. The molecule has 0 aliphatic rings. The Balaban J connectivity index is 0.832. The van der Waals surface area contributed by atoms with Gasteiger partial charge in [-0.2, -0.15) is 28.0 Å². The lowest BCUT2D eigenvalue weighted by molar-refractivity contribution is 0.0301. The van der Waals surface area contributed by atoms with Gasteiger partial charge in [0.15, 0.2) is 5.82 Å². The van der Waals surface area contributed by atoms with Crippen LogP contribution in [0.3, 0.4) is 0 Å². The molecule has 0 saturated heterocycles. The van der Waals surface area contributed by atoms with E-state index in [-0.39, 0.29) is 35.8 Å². The van der Waals surface area contributed by atoms with Crippen molar-refractivity contribution in [3.05, 3.63) is 127 Å². The Morgan fingerprint density at radius 1 is 0.730 bits per heavy atom. The second-order valence-corrected chi connectivity index (χ2v) is 20.0. The maximum atomic E-state index is 15.8. The Bertz CT molecular complexity index is 3450. The molecule has 0 spiro atoms. The van der Waals surface area contributed by atoms with Crippen LogP contribution in [0.4, 0.5) is 8.78 Å². The summed E-state index contributed by atoms with van der Waals surface area (Å²) in [6, 6.07) is 12.2. The van der Waals surface area contributed by atoms with E-state index in [1.807, 2.05) is 24.3 Å². The molecule has 0 aliphatic heterocycles. The average Bonchev–Trinajstić information content (AvgIpc) is 4.14. The third-order valence-electron chi connectivity index (χ3n) is 10.3. The Morgan fingerprint density at radius 2 is 1.44 bits per heavy atom. The first-order chi connectivity index (χ1) is 30.3. The summed E-state index contributed by atoms with van der Waals surface area (Å²) in [5.74, 6) is -3.54. The number of rotatable bonds is 14. The number of hydrogen-bond donors (Lipinski definition) is 0. The summed E-state index contributed by atoms with van der Waals surface area (Å²) >= 11 is 0. The number of aromatic nitrogens is 17. The molecule has 9 heterocycles. The number of imidazole rings is 3. The van der Waals surface area contributed by atoms with E-state index in [4.69, 9.17) is 14.0 Å². The van der Waals surface area contributed by atoms with Crippen molar-refractivity contribution >= 4 is 42.8 Å². The van der Waals surface area contributed by atoms with Crippen LogP contribution in [-0.2, 0) is 49.3 Å². The fourth-order valence-corrected chi connectivity index (χ4v) is 9.50. The number of benzene rings is 1. The first kappa shape index (κ1) is 40.0. The minimum Gasteiger partial charge on any atom is -0.331 e. The van der Waals surface area contributed by atoms with Crippen LogP contribution in [0.25, 0.3) is 50.9 Å². The van der Waals surface area contributed by atoms with E-state index in [1.54, 1.807) is 57.5 Å². The zero-order chi connectivity index (χ0) is 43.5. The monoisotopic (exact) mass is 891 g/mol. The van der Waals surface area contributed by atoms with E-state index >= 15 is 8.78 Å². The molecule has 0 radical (unpaired) electrons. The van der Waals surface area contributed by atoms with Gasteiger partial charge >= 0.3 is 5.92 Å². The number of hydrogen-bond acceptors (Lipinski definition) is 16. The lowest BCUT2D eigenvalue weighted by atomic mass is 10.1. The van der Waals surface area contributed by atoms with Gasteiger partial charge in [0.25, 0.3) is 11.6 Å². The van der Waals surface area contributed by atoms with Crippen LogP contribution in [0, 0.1) is 0 Å². The number of halogens is 2. The highest BCUT2D eigenvalue weighted by Gasteiger charge is 2.41. The molecule has 0 amide bonds. The molecule has 0 N–H and O–H groups in total. The Kier molecular flexibility index (Phi) is 9.78. The van der Waals surface area contributed by atoms with Crippen LogP contribution < -0.4 is 0 Å². The normalized spacial score (nSPS) is 14.2. The smallest absolute Gasteiger partial charge is 0.331 e. The molecule has 1 aromatic carbocycles. The molecular formula is C38H33F2N17O4P2. The minimum atomic E-state index is -3.58. The summed E-state index contributed by atoms with van der Waals surface area (Å²) < 4.78 is 76.1. The summed E-state index contributed by atoms with van der Waals surface area (Å²) in [6.45, 7) is 1.56. The molecule has 10 rings (SSSR count). The van der Waals surface area contributed by atoms with Crippen LogP contribution >= 0.6 is 14.7 Å². The summed E-state index contributed by atoms with van der Waals surface area (Å²) in [6.07, 6.45) is 14.1. The van der Waals surface area contributed by atoms with E-state index in [9.17, 15) is 9.13 Å². The van der Waals surface area contributed by atoms with Gasteiger partial charge < -0.3 is 22.6 Å². The SMILES string of the molecule is COP(C)(=O)Cn1cnc(-c2cnc3nnc(Cc4ccc5nc(CP(=O)(Cn6cnc(-c7cnc8nnc(C(F)(F)c9ccc%10nccn%10c9)n8n7)c6)OC)ccc5c4)n3n2)c1. The van der Waals surface area contributed by atoms with Crippen molar-refractivity contribution in [2.45, 2.75) is 31.1 Å². The molecular weight excluding hydrogens is 858 g/mol. The van der Waals surface area contributed by atoms with E-state index in [0.717, 1.165) is 15.5 Å². The van der Waals surface area contributed by atoms with E-state index < -0.39 is 26.5 Å². The number of pyridine rings is 2. The molecule has 0 bridgehead atoms. The van der Waals surface area contributed by atoms with Gasteiger partial charge in [-0.15, -0.1) is 20.4 Å². The van der Waals surface area contributed by atoms with Crippen molar-refractivity contribution in [1.29, 1.82) is 0 Å². The maximum Gasteiger partial charge on any atom is 0.335 e. The first-order valence-electron chi connectivity index (χ1n) is 19.0. The van der Waals surface area contributed by atoms with Crippen molar-refractivity contribution in [2.75, 3.05) is 20.9 Å². The highest BCUT2D eigenvalue weighted by Crippen LogP contribution is 2.51. The highest BCUT2D eigenvalue weighted by atomic mass is 31.2. The minimum absolute atomic E-state index is 0.0274. The van der Waals surface area contributed by atoms with Crippen molar-refractivity contribution in [1.82, 2.24) is 83.1 Å². The predicted molar refractivity (Wildman–Crippen MR) is 221 cm³/mol. The number of alkyl halides is 2. The summed E-state index contributed by atoms with van der Waals surface area (Å²) in [5.41, 5.74) is 3.84.